The summed E-state index contributed by atoms with van der Waals surface area (Å²) in [7, 11) is 3.66. The van der Waals surface area contributed by atoms with Crippen molar-refractivity contribution in [3.05, 3.63) is 23.4 Å². The molecule has 0 bridgehead atoms. The molecule has 2 fully saturated rings. The number of ether oxygens (including phenoxy) is 1. The highest BCUT2D eigenvalue weighted by atomic mass is 16.6. The molecule has 2 saturated carbocycles. The van der Waals surface area contributed by atoms with Gasteiger partial charge in [0.05, 0.1) is 25.9 Å². The molecular formula is C36H62N6O6. The lowest BCUT2D eigenvalue weighted by molar-refractivity contribution is -0.155. The van der Waals surface area contributed by atoms with Crippen LogP contribution in [0.5, 0.6) is 0 Å². The van der Waals surface area contributed by atoms with E-state index in [0.29, 0.717) is 42.9 Å². The van der Waals surface area contributed by atoms with E-state index in [4.69, 9.17) is 18.9 Å². The monoisotopic (exact) mass is 674 g/mol. The smallest absolute Gasteiger partial charge is 0.307 e. The summed E-state index contributed by atoms with van der Waals surface area (Å²) >= 11 is 0. The van der Waals surface area contributed by atoms with E-state index < -0.39 is 11.6 Å². The van der Waals surface area contributed by atoms with Crippen molar-refractivity contribution in [3.63, 3.8) is 0 Å². The molecule has 2 aliphatic rings. The lowest BCUT2D eigenvalue weighted by Gasteiger charge is -2.23. The van der Waals surface area contributed by atoms with Crippen LogP contribution in [0.4, 0.5) is 0 Å². The zero-order valence-corrected chi connectivity index (χ0v) is 30.2. The summed E-state index contributed by atoms with van der Waals surface area (Å²) in [5.41, 5.74) is -0.476. The molecule has 2 aromatic rings. The molecule has 272 valence electrons. The number of carbonyl (C=O) groups is 2. The average Bonchev–Trinajstić information content (AvgIpc) is 3.71. The van der Waals surface area contributed by atoms with Gasteiger partial charge in [0, 0.05) is 11.8 Å². The third kappa shape index (κ3) is 15.6. The van der Waals surface area contributed by atoms with E-state index in [0.717, 1.165) is 37.5 Å². The van der Waals surface area contributed by atoms with Gasteiger partial charge in [0.15, 0.2) is 11.6 Å². The Morgan fingerprint density at radius 3 is 1.60 bits per heavy atom. The number of rotatable bonds is 18. The highest BCUT2D eigenvalue weighted by Crippen LogP contribution is 2.33. The Bertz CT molecular complexity index is 1180. The number of carboxylic acids is 1. The molecule has 0 saturated heterocycles. The lowest BCUT2D eigenvalue weighted by atomic mass is 9.84. The number of carboxylic acid groups (broad SMARTS) is 1. The second-order valence-corrected chi connectivity index (χ2v) is 14.8. The molecule has 3 N–H and O–H groups in total. The number of hydrogen-bond acceptors (Lipinski definition) is 11. The predicted molar refractivity (Wildman–Crippen MR) is 183 cm³/mol. The fraction of sp³-hybridized carbons (Fsp3) is 0.833. The van der Waals surface area contributed by atoms with E-state index in [1.165, 1.54) is 77.0 Å². The Labute approximate surface area is 287 Å². The Balaban J connectivity index is 0.000000264. The molecule has 12 heteroatoms. The normalized spacial score (nSPS) is 17.4. The summed E-state index contributed by atoms with van der Waals surface area (Å²) in [5, 5.41) is 23.0. The molecule has 0 unspecified atom stereocenters. The van der Waals surface area contributed by atoms with Gasteiger partial charge in [0.1, 0.15) is 5.60 Å². The predicted octanol–water partition coefficient (Wildman–Crippen LogP) is 7.45. The van der Waals surface area contributed by atoms with Gasteiger partial charge in [0.25, 0.3) is 0 Å². The molecule has 0 spiro atoms. The summed E-state index contributed by atoms with van der Waals surface area (Å²) < 4.78 is 16.2. The van der Waals surface area contributed by atoms with Crippen molar-refractivity contribution >= 4 is 11.9 Å². The molecule has 12 nitrogen and oxygen atoms in total. The molecule has 2 aliphatic carbocycles. The Morgan fingerprint density at radius 1 is 0.771 bits per heavy atom. The zero-order valence-electron chi connectivity index (χ0n) is 30.2. The first-order chi connectivity index (χ1) is 23.1. The molecule has 48 heavy (non-hydrogen) atoms. The van der Waals surface area contributed by atoms with Crippen molar-refractivity contribution in [2.75, 3.05) is 14.1 Å². The minimum atomic E-state index is -0.809. The maximum Gasteiger partial charge on any atom is 0.307 e. The summed E-state index contributed by atoms with van der Waals surface area (Å²) in [4.78, 5) is 32.2. The van der Waals surface area contributed by atoms with Crippen molar-refractivity contribution in [1.82, 2.24) is 30.9 Å². The maximum atomic E-state index is 12.3. The number of aliphatic carboxylic acids is 1. The van der Waals surface area contributed by atoms with Crippen LogP contribution in [0.25, 0.3) is 0 Å². The maximum absolute atomic E-state index is 12.3. The van der Waals surface area contributed by atoms with Crippen LogP contribution >= 0.6 is 0 Å². The van der Waals surface area contributed by atoms with Crippen LogP contribution in [-0.2, 0) is 27.4 Å². The van der Waals surface area contributed by atoms with Crippen molar-refractivity contribution in [3.8, 4) is 0 Å². The van der Waals surface area contributed by atoms with E-state index in [2.05, 4.69) is 30.9 Å². The minimum absolute atomic E-state index is 0.0614. The molecule has 0 aliphatic heterocycles. The van der Waals surface area contributed by atoms with Crippen molar-refractivity contribution in [2.24, 2.45) is 11.8 Å². The van der Waals surface area contributed by atoms with Crippen LogP contribution < -0.4 is 10.6 Å². The second-order valence-electron chi connectivity index (χ2n) is 14.8. The van der Waals surface area contributed by atoms with Gasteiger partial charge in [-0.15, -0.1) is 0 Å². The number of carbonyl (C=O) groups excluding carboxylic acids is 1. The number of nitrogens with zero attached hydrogens (tertiary/aromatic N) is 4. The third-order valence-corrected chi connectivity index (χ3v) is 9.37. The van der Waals surface area contributed by atoms with Crippen LogP contribution in [0.3, 0.4) is 0 Å². The Morgan fingerprint density at radius 2 is 1.21 bits per heavy atom. The Kier molecular flexibility index (Phi) is 17.5. The van der Waals surface area contributed by atoms with Crippen LogP contribution in [0.15, 0.2) is 9.05 Å². The number of nitrogens with one attached hydrogen (secondary N) is 2. The fourth-order valence-corrected chi connectivity index (χ4v) is 7.00. The summed E-state index contributed by atoms with van der Waals surface area (Å²) in [5.74, 6) is 2.66. The number of hydrogen-bond donors (Lipinski definition) is 3. The molecular weight excluding hydrogens is 612 g/mol. The summed E-state index contributed by atoms with van der Waals surface area (Å²) in [6, 6.07) is 0. The first-order valence-corrected chi connectivity index (χ1v) is 18.4. The van der Waals surface area contributed by atoms with E-state index in [1.54, 1.807) is 0 Å². The van der Waals surface area contributed by atoms with E-state index >= 15 is 0 Å². The molecule has 2 atom stereocenters. The second kappa shape index (κ2) is 21.3. The molecule has 0 radical (unpaired) electrons. The first-order valence-electron chi connectivity index (χ1n) is 18.4. The molecule has 2 heterocycles. The third-order valence-electron chi connectivity index (χ3n) is 9.37. The highest BCUT2D eigenvalue weighted by molar-refractivity contribution is 5.70. The van der Waals surface area contributed by atoms with Crippen LogP contribution in [0.1, 0.15) is 172 Å². The van der Waals surface area contributed by atoms with Crippen LogP contribution in [0, 0.1) is 11.8 Å². The molecule has 4 rings (SSSR count). The van der Waals surface area contributed by atoms with Gasteiger partial charge < -0.3 is 29.5 Å². The van der Waals surface area contributed by atoms with Crippen molar-refractivity contribution < 1.29 is 28.5 Å². The summed E-state index contributed by atoms with van der Waals surface area (Å²) in [6.07, 6.45) is 20.1. The minimum Gasteiger partial charge on any atom is -0.481 e. The number of aromatic nitrogens is 4. The number of esters is 1. The topological polar surface area (TPSA) is 166 Å². The van der Waals surface area contributed by atoms with Crippen LogP contribution in [0.2, 0.25) is 0 Å². The largest absolute Gasteiger partial charge is 0.481 e. The molecule has 0 aromatic carbocycles. The first kappa shape index (κ1) is 39.6. The SMILES string of the molecule is CNCc1noc([C@H](CCCC2CCCCC2)CC(=O)O)n1.CNCc1noc([C@H](CCCC2CCCCC2)CC(=O)OC(C)(C)C)n1. The fourth-order valence-electron chi connectivity index (χ4n) is 7.00. The average molecular weight is 675 g/mol. The van der Waals surface area contributed by atoms with Gasteiger partial charge in [-0.25, -0.2) is 0 Å². The van der Waals surface area contributed by atoms with Crippen LogP contribution in [-0.4, -0.2) is 57.0 Å². The lowest BCUT2D eigenvalue weighted by Crippen LogP contribution is -2.25. The van der Waals surface area contributed by atoms with E-state index in [-0.39, 0.29) is 24.2 Å². The molecule has 0 amide bonds. The van der Waals surface area contributed by atoms with Gasteiger partial charge in [-0.2, -0.15) is 9.97 Å². The standard InChI is InChI=1S/C20H35N3O3.C16H27N3O3/c1-20(2,3)25-18(24)13-16(19-22-17(14-21-4)23-26-19)12-8-11-15-9-6-5-7-10-15;1-17-11-14-18-16(22-19-14)13(10-15(20)21)9-5-8-12-6-3-2-4-7-12/h15-16,21H,5-14H2,1-4H3;12-13,17H,2-11H2,1H3,(H,20,21)/t16-;13-/m11/s1. The van der Waals surface area contributed by atoms with Gasteiger partial charge in [-0.3, -0.25) is 9.59 Å². The van der Waals surface area contributed by atoms with E-state index in [1.807, 2.05) is 34.9 Å². The quantitative estimate of drug-likeness (QED) is 0.134. The highest BCUT2D eigenvalue weighted by Gasteiger charge is 2.27. The van der Waals surface area contributed by atoms with Gasteiger partial charge in [0.2, 0.25) is 11.8 Å². The van der Waals surface area contributed by atoms with E-state index in [9.17, 15) is 9.59 Å². The Hall–Kier alpha value is -2.86. The molecule has 2 aromatic heterocycles. The summed E-state index contributed by atoms with van der Waals surface area (Å²) in [6.45, 7) is 6.76. The van der Waals surface area contributed by atoms with Crippen molar-refractivity contribution in [1.29, 1.82) is 0 Å². The zero-order chi connectivity index (χ0) is 34.8. The van der Waals surface area contributed by atoms with Gasteiger partial charge >= 0.3 is 11.9 Å². The van der Waals surface area contributed by atoms with Crippen molar-refractivity contribution in [2.45, 2.75) is 167 Å². The van der Waals surface area contributed by atoms with Gasteiger partial charge in [-0.1, -0.05) is 100 Å². The van der Waals surface area contributed by atoms with Gasteiger partial charge in [-0.05, 0) is 59.5 Å².